The minimum atomic E-state index is -0.991. The largest absolute Gasteiger partial charge is 0.484 e. The molecule has 0 bridgehead atoms. The Bertz CT molecular complexity index is 666. The summed E-state index contributed by atoms with van der Waals surface area (Å²) in [6.45, 7) is -0.140. The van der Waals surface area contributed by atoms with E-state index in [1.165, 1.54) is 18.3 Å². The summed E-state index contributed by atoms with van der Waals surface area (Å²) < 4.78 is 5.26. The van der Waals surface area contributed by atoms with E-state index in [0.717, 1.165) is 0 Å². The van der Waals surface area contributed by atoms with Crippen LogP contribution in [0.3, 0.4) is 0 Å². The molecule has 0 aliphatic carbocycles. The van der Waals surface area contributed by atoms with E-state index in [1.54, 1.807) is 24.3 Å². The van der Waals surface area contributed by atoms with Crippen LogP contribution >= 0.6 is 0 Å². The summed E-state index contributed by atoms with van der Waals surface area (Å²) in [5, 5.41) is 12.5. The number of hydrogen-bond donors (Lipinski definition) is 2. The molecule has 2 rings (SSSR count). The van der Waals surface area contributed by atoms with E-state index in [-0.39, 0.29) is 18.1 Å². The zero-order valence-corrected chi connectivity index (χ0v) is 11.6. The van der Waals surface area contributed by atoms with Crippen molar-refractivity contribution in [2.45, 2.75) is 0 Å². The van der Waals surface area contributed by atoms with Crippen molar-refractivity contribution in [3.05, 3.63) is 65.7 Å². The van der Waals surface area contributed by atoms with Crippen LogP contribution in [-0.4, -0.2) is 29.8 Å². The van der Waals surface area contributed by atoms with Crippen LogP contribution < -0.4 is 10.2 Å². The van der Waals surface area contributed by atoms with Crippen molar-refractivity contribution in [3.8, 4) is 5.75 Å². The average molecular weight is 298 g/mol. The maximum absolute atomic E-state index is 11.5. The highest BCUT2D eigenvalue weighted by Crippen LogP contribution is 2.07. The summed E-state index contributed by atoms with van der Waals surface area (Å²) in [6, 6.07) is 15.1. The number of carboxylic acids is 1. The lowest BCUT2D eigenvalue weighted by Crippen LogP contribution is -2.24. The molecule has 22 heavy (non-hydrogen) atoms. The van der Waals surface area contributed by atoms with Crippen LogP contribution in [0.2, 0.25) is 0 Å². The van der Waals surface area contributed by atoms with Crippen LogP contribution in [0, 0.1) is 0 Å². The van der Waals surface area contributed by atoms with Gasteiger partial charge >= 0.3 is 5.97 Å². The number of aromatic carboxylic acids is 1. The van der Waals surface area contributed by atoms with Gasteiger partial charge in [0.2, 0.25) is 0 Å². The van der Waals surface area contributed by atoms with Crippen molar-refractivity contribution in [2.24, 2.45) is 5.10 Å². The van der Waals surface area contributed by atoms with Crippen LogP contribution in [-0.2, 0) is 4.79 Å². The lowest BCUT2D eigenvalue weighted by molar-refractivity contribution is -0.123. The lowest BCUT2D eigenvalue weighted by Gasteiger charge is -2.04. The van der Waals surface area contributed by atoms with E-state index >= 15 is 0 Å². The molecule has 6 heteroatoms. The summed E-state index contributed by atoms with van der Waals surface area (Å²) in [6.07, 6.45) is 1.42. The first-order valence-electron chi connectivity index (χ1n) is 6.48. The molecule has 0 aliphatic rings. The van der Waals surface area contributed by atoms with Gasteiger partial charge in [0, 0.05) is 0 Å². The fraction of sp³-hybridized carbons (Fsp3) is 0.0625. The summed E-state index contributed by atoms with van der Waals surface area (Å²) >= 11 is 0. The van der Waals surface area contributed by atoms with Crippen LogP contribution in [0.4, 0.5) is 0 Å². The number of nitrogens with one attached hydrogen (secondary N) is 1. The van der Waals surface area contributed by atoms with Gasteiger partial charge in [-0.25, -0.2) is 10.2 Å². The zero-order valence-electron chi connectivity index (χ0n) is 11.6. The molecule has 2 N–H and O–H groups in total. The van der Waals surface area contributed by atoms with Crippen LogP contribution in [0.1, 0.15) is 15.9 Å². The molecule has 0 spiro atoms. The predicted octanol–water partition coefficient (Wildman–Crippen LogP) is 1.91. The van der Waals surface area contributed by atoms with E-state index in [2.05, 4.69) is 10.5 Å². The Morgan fingerprint density at radius 2 is 1.77 bits per heavy atom. The third-order valence-corrected chi connectivity index (χ3v) is 2.67. The highest BCUT2D eigenvalue weighted by atomic mass is 16.5. The first kappa shape index (κ1) is 15.2. The Morgan fingerprint density at radius 1 is 1.09 bits per heavy atom. The number of carbonyl (C=O) groups excluding carboxylic acids is 1. The van der Waals surface area contributed by atoms with Gasteiger partial charge in [0.25, 0.3) is 5.91 Å². The van der Waals surface area contributed by atoms with Gasteiger partial charge in [-0.3, -0.25) is 4.79 Å². The Labute approximate surface area is 127 Å². The number of benzene rings is 2. The molecule has 6 nitrogen and oxygen atoms in total. The fourth-order valence-electron chi connectivity index (χ4n) is 1.59. The summed E-state index contributed by atoms with van der Waals surface area (Å²) in [5.74, 6) is -0.775. The normalized spacial score (nSPS) is 10.4. The minimum Gasteiger partial charge on any atom is -0.484 e. The Kier molecular flexibility index (Phi) is 5.25. The summed E-state index contributed by atoms with van der Waals surface area (Å²) in [4.78, 5) is 22.2. The quantitative estimate of drug-likeness (QED) is 0.630. The highest BCUT2D eigenvalue weighted by Gasteiger charge is 2.02. The van der Waals surface area contributed by atoms with E-state index < -0.39 is 5.97 Å². The molecule has 0 unspecified atom stereocenters. The van der Waals surface area contributed by atoms with E-state index in [0.29, 0.717) is 11.3 Å². The molecule has 2 aromatic carbocycles. The smallest absolute Gasteiger partial charge is 0.335 e. The Balaban J connectivity index is 1.79. The molecule has 0 heterocycles. The molecule has 0 aromatic heterocycles. The molecule has 0 radical (unpaired) electrons. The fourth-order valence-corrected chi connectivity index (χ4v) is 1.59. The number of para-hydroxylation sites is 1. The number of rotatable bonds is 6. The molecule has 0 saturated carbocycles. The minimum absolute atomic E-state index is 0.140. The molecule has 2 aromatic rings. The molecule has 112 valence electrons. The average Bonchev–Trinajstić information content (AvgIpc) is 2.54. The maximum atomic E-state index is 11.5. The van der Waals surface area contributed by atoms with Gasteiger partial charge in [-0.05, 0) is 29.8 Å². The number of ether oxygens (including phenoxy) is 1. The van der Waals surface area contributed by atoms with Gasteiger partial charge in [-0.1, -0.05) is 30.3 Å². The topological polar surface area (TPSA) is 88.0 Å². The molecular weight excluding hydrogens is 284 g/mol. The van der Waals surface area contributed by atoms with E-state index in [1.807, 2.05) is 18.2 Å². The first-order chi connectivity index (χ1) is 10.6. The molecule has 0 saturated heterocycles. The number of carboxylic acid groups (broad SMARTS) is 1. The van der Waals surface area contributed by atoms with Crippen LogP contribution in [0.15, 0.2) is 59.7 Å². The van der Waals surface area contributed by atoms with Gasteiger partial charge in [0.1, 0.15) is 5.75 Å². The van der Waals surface area contributed by atoms with Gasteiger partial charge in [-0.2, -0.15) is 5.10 Å². The van der Waals surface area contributed by atoms with Crippen molar-refractivity contribution in [1.29, 1.82) is 0 Å². The second-order valence-corrected chi connectivity index (χ2v) is 4.32. The summed E-state index contributed by atoms with van der Waals surface area (Å²) in [5.41, 5.74) is 3.20. The zero-order chi connectivity index (χ0) is 15.8. The van der Waals surface area contributed by atoms with Crippen molar-refractivity contribution in [3.63, 3.8) is 0 Å². The van der Waals surface area contributed by atoms with Crippen LogP contribution in [0.5, 0.6) is 5.75 Å². The number of amides is 1. The predicted molar refractivity (Wildman–Crippen MR) is 81.1 cm³/mol. The number of carbonyl (C=O) groups is 2. The second-order valence-electron chi connectivity index (χ2n) is 4.32. The van der Waals surface area contributed by atoms with Gasteiger partial charge in [0.15, 0.2) is 6.61 Å². The van der Waals surface area contributed by atoms with Crippen molar-refractivity contribution in [1.82, 2.24) is 5.43 Å². The Morgan fingerprint density at radius 3 is 2.41 bits per heavy atom. The molecular formula is C16H14N2O4. The summed E-state index contributed by atoms with van der Waals surface area (Å²) in [7, 11) is 0. The number of nitrogens with zero attached hydrogens (tertiary/aromatic N) is 1. The second kappa shape index (κ2) is 7.58. The standard InChI is InChI=1S/C16H14N2O4/c19-15(11-22-14-4-2-1-3-5-14)18-17-10-12-6-8-13(9-7-12)16(20)21/h1-10H,11H2,(H,18,19)(H,20,21). The first-order valence-corrected chi connectivity index (χ1v) is 6.48. The molecule has 0 aliphatic heterocycles. The SMILES string of the molecule is O=C(COc1ccccc1)NN=Cc1ccc(C(=O)O)cc1. The molecule has 1 amide bonds. The Hall–Kier alpha value is -3.15. The number of hydrogen-bond acceptors (Lipinski definition) is 4. The van der Waals surface area contributed by atoms with Gasteiger partial charge in [0.05, 0.1) is 11.8 Å². The number of hydrazone groups is 1. The van der Waals surface area contributed by atoms with E-state index in [9.17, 15) is 9.59 Å². The maximum Gasteiger partial charge on any atom is 0.335 e. The third-order valence-electron chi connectivity index (χ3n) is 2.67. The molecule has 0 fully saturated rings. The van der Waals surface area contributed by atoms with E-state index in [4.69, 9.17) is 9.84 Å². The van der Waals surface area contributed by atoms with Crippen LogP contribution in [0.25, 0.3) is 0 Å². The monoisotopic (exact) mass is 298 g/mol. The third kappa shape index (κ3) is 4.75. The van der Waals surface area contributed by atoms with Gasteiger partial charge in [-0.15, -0.1) is 0 Å². The highest BCUT2D eigenvalue weighted by molar-refractivity contribution is 5.89. The lowest BCUT2D eigenvalue weighted by atomic mass is 10.1. The molecule has 0 atom stereocenters. The van der Waals surface area contributed by atoms with Crippen molar-refractivity contribution >= 4 is 18.1 Å². The van der Waals surface area contributed by atoms with Crippen molar-refractivity contribution in [2.75, 3.05) is 6.61 Å². The van der Waals surface area contributed by atoms with Crippen molar-refractivity contribution < 1.29 is 19.4 Å². The van der Waals surface area contributed by atoms with Gasteiger partial charge < -0.3 is 9.84 Å².